The van der Waals surface area contributed by atoms with Gasteiger partial charge in [-0.25, -0.2) is 0 Å². The van der Waals surface area contributed by atoms with Gasteiger partial charge in [0.15, 0.2) is 5.78 Å². The zero-order valence-corrected chi connectivity index (χ0v) is 37.7. The van der Waals surface area contributed by atoms with Gasteiger partial charge in [0.05, 0.1) is 16.6 Å². The minimum Gasteiger partial charge on any atom is -0.806 e. The maximum Gasteiger partial charge on any atom is 0.405 e. The van der Waals surface area contributed by atoms with E-state index in [1.807, 2.05) is 0 Å². The number of benzene rings is 4. The van der Waals surface area contributed by atoms with Crippen LogP contribution in [0.4, 0.5) is 17.6 Å². The molecule has 0 aliphatic heterocycles. The van der Waals surface area contributed by atoms with Crippen LogP contribution in [0.3, 0.4) is 0 Å². The van der Waals surface area contributed by atoms with Crippen LogP contribution in [0.25, 0.3) is 0 Å². The summed E-state index contributed by atoms with van der Waals surface area (Å²) in [6, 6.07) is 24.7. The van der Waals surface area contributed by atoms with Crippen LogP contribution in [0, 0.1) is 0 Å². The molecule has 0 radical (unpaired) electrons. The van der Waals surface area contributed by atoms with Crippen LogP contribution in [-0.4, -0.2) is 17.0 Å². The van der Waals surface area contributed by atoms with E-state index < -0.39 is 65.1 Å². The van der Waals surface area contributed by atoms with Crippen LogP contribution in [-0.2, 0) is 58.6 Å². The van der Waals surface area contributed by atoms with Gasteiger partial charge in [0.25, 0.3) is 5.66 Å². The van der Waals surface area contributed by atoms with Crippen molar-refractivity contribution < 1.29 is 50.3 Å². The van der Waals surface area contributed by atoms with E-state index in [1.165, 1.54) is 59.7 Å². The molecule has 322 valence electrons. The molecule has 0 heterocycles. The Kier molecular flexibility index (Phi) is 13.4. The molecular formula is C46H56F4O7P2-2. The van der Waals surface area contributed by atoms with E-state index in [1.54, 1.807) is 102 Å². The maximum absolute atomic E-state index is 16.4. The summed E-state index contributed by atoms with van der Waals surface area (Å²) in [6.45, 7) is 19.3. The lowest BCUT2D eigenvalue weighted by Gasteiger charge is -2.43. The highest BCUT2D eigenvalue weighted by Gasteiger charge is 2.58. The number of ketones is 1. The summed E-state index contributed by atoms with van der Waals surface area (Å²) >= 11 is 0. The van der Waals surface area contributed by atoms with Gasteiger partial charge in [-0.3, -0.25) is 18.4 Å². The van der Waals surface area contributed by atoms with Crippen LogP contribution < -0.4 is 9.79 Å². The predicted molar refractivity (Wildman–Crippen MR) is 221 cm³/mol. The first-order chi connectivity index (χ1) is 26.7. The Bertz CT molecular complexity index is 2190. The fraction of sp³-hybridized carbons (Fsp3) is 0.457. The third kappa shape index (κ3) is 10.5. The second-order valence-corrected chi connectivity index (χ2v) is 22.7. The zero-order chi connectivity index (χ0) is 44.8. The van der Waals surface area contributed by atoms with Crippen molar-refractivity contribution >= 4 is 21.0 Å². The lowest BCUT2D eigenvalue weighted by molar-refractivity contribution is -0.335. The number of hydrogen-bond donors (Lipinski definition) is 0. The first-order valence-electron chi connectivity index (χ1n) is 19.4. The molecule has 0 saturated carbocycles. The van der Waals surface area contributed by atoms with Crippen LogP contribution in [0.5, 0.6) is 0 Å². The van der Waals surface area contributed by atoms with Crippen molar-refractivity contribution in [2.45, 2.75) is 135 Å². The van der Waals surface area contributed by atoms with Gasteiger partial charge in [-0.2, -0.15) is 17.6 Å². The molecular weight excluding hydrogens is 802 g/mol. The SMILES string of the molecule is CC(C)(C)OP(=O)(OC(C)(C)C)C(F)(F)c1ccc(CC(Cc2ccc(C(F)(F)P(=O)([O-])[O-])c(C(C)(C)C)c2C(C)(C)C)(C(=O)c2ccccc2)c2ccccc2)cc1. The van der Waals surface area contributed by atoms with E-state index in [9.17, 15) is 18.9 Å². The molecule has 0 aromatic heterocycles. The third-order valence-corrected chi connectivity index (χ3v) is 13.1. The highest BCUT2D eigenvalue weighted by atomic mass is 31.2. The summed E-state index contributed by atoms with van der Waals surface area (Å²) in [7, 11) is -11.6. The summed E-state index contributed by atoms with van der Waals surface area (Å²) in [5.74, 6) is -0.351. The van der Waals surface area contributed by atoms with Crippen molar-refractivity contribution in [3.8, 4) is 0 Å². The number of alkyl halides is 4. The molecule has 4 rings (SSSR count). The largest absolute Gasteiger partial charge is 0.806 e. The van der Waals surface area contributed by atoms with Crippen molar-refractivity contribution in [2.24, 2.45) is 0 Å². The first-order valence-corrected chi connectivity index (χ1v) is 22.5. The van der Waals surface area contributed by atoms with E-state index in [0.29, 0.717) is 27.8 Å². The molecule has 0 aliphatic rings. The molecule has 4 aromatic rings. The van der Waals surface area contributed by atoms with Gasteiger partial charge < -0.3 is 14.4 Å². The molecule has 1 unspecified atom stereocenters. The number of carbonyl (C=O) groups excluding carboxylic acids is 1. The minimum absolute atomic E-state index is 0.0282. The summed E-state index contributed by atoms with van der Waals surface area (Å²) < 4.78 is 101. The van der Waals surface area contributed by atoms with Gasteiger partial charge in [0, 0.05) is 24.3 Å². The monoisotopic (exact) mass is 858 g/mol. The van der Waals surface area contributed by atoms with Crippen LogP contribution >= 0.6 is 15.2 Å². The normalized spacial score (nSPS) is 14.9. The van der Waals surface area contributed by atoms with E-state index in [4.69, 9.17) is 9.05 Å². The molecule has 13 heteroatoms. The fourth-order valence-corrected chi connectivity index (χ4v) is 10.2. The van der Waals surface area contributed by atoms with Gasteiger partial charge in [0.2, 0.25) is 0 Å². The second kappa shape index (κ2) is 16.4. The lowest BCUT2D eigenvalue weighted by Crippen LogP contribution is -2.42. The molecule has 4 aromatic carbocycles. The molecule has 1 atom stereocenters. The molecule has 59 heavy (non-hydrogen) atoms. The summed E-state index contributed by atoms with van der Waals surface area (Å²) in [6.07, 6.45) is -0.182. The zero-order valence-electron chi connectivity index (χ0n) is 35.9. The van der Waals surface area contributed by atoms with Gasteiger partial charge in [-0.05, 0) is 93.0 Å². The average molecular weight is 859 g/mol. The molecule has 0 aliphatic carbocycles. The van der Waals surface area contributed by atoms with Gasteiger partial charge in [-0.15, -0.1) is 0 Å². The molecule has 7 nitrogen and oxygen atoms in total. The Balaban J connectivity index is 2.05. The standard InChI is InChI=1S/C46H58F4O7P2/c1-40(2,3)37-33(25-28-36(38(37)41(4,5)6)46(49,50)58(52,53)54)30-44(34-21-17-14-18-22-34,39(51)32-19-15-13-16-20-32)29-31-23-26-35(27-24-31)45(47,48)59(55,56-42(7,8)9)57-43(10,11)12/h13-28H,29-30H2,1-12H3,(H2,52,53,54)/p-2. The van der Waals surface area contributed by atoms with E-state index >= 15 is 22.4 Å². The van der Waals surface area contributed by atoms with Crippen LogP contribution in [0.1, 0.15) is 132 Å². The highest BCUT2D eigenvalue weighted by molar-refractivity contribution is 7.54. The van der Waals surface area contributed by atoms with E-state index in [2.05, 4.69) is 0 Å². The van der Waals surface area contributed by atoms with Crippen molar-refractivity contribution in [1.82, 2.24) is 0 Å². The topological polar surface area (TPSA) is 116 Å². The Hall–Kier alpha value is -3.43. The average Bonchev–Trinajstić information content (AvgIpc) is 3.08. The molecule has 0 amide bonds. The van der Waals surface area contributed by atoms with Gasteiger partial charge in [0.1, 0.15) is 0 Å². The Labute approximate surface area is 346 Å². The number of Topliss-reactive ketones (excluding diaryl/α,β-unsaturated/α-hetero) is 1. The lowest BCUT2D eigenvalue weighted by atomic mass is 9.64. The number of halogens is 4. The maximum atomic E-state index is 16.4. The molecule has 0 N–H and O–H groups in total. The molecule has 0 bridgehead atoms. The minimum atomic E-state index is -6.49. The van der Waals surface area contributed by atoms with Gasteiger partial charge in [-0.1, -0.05) is 139 Å². The van der Waals surface area contributed by atoms with Gasteiger partial charge >= 0.3 is 13.3 Å². The molecule has 0 saturated heterocycles. The Morgan fingerprint density at radius 2 is 1.02 bits per heavy atom. The quantitative estimate of drug-likeness (QED) is 0.0747. The third-order valence-electron chi connectivity index (χ3n) is 9.69. The fourth-order valence-electron chi connectivity index (χ4n) is 7.52. The van der Waals surface area contributed by atoms with Crippen molar-refractivity contribution in [2.75, 3.05) is 0 Å². The highest BCUT2D eigenvalue weighted by Crippen LogP contribution is 2.70. The summed E-state index contributed by atoms with van der Waals surface area (Å²) in [5, 5.41) is 0. The summed E-state index contributed by atoms with van der Waals surface area (Å²) in [4.78, 5) is 39.5. The first kappa shape index (κ1) is 48.2. The Morgan fingerprint density at radius 1 is 0.559 bits per heavy atom. The van der Waals surface area contributed by atoms with E-state index in [-0.39, 0.29) is 24.2 Å². The van der Waals surface area contributed by atoms with Crippen LogP contribution in [0.15, 0.2) is 97.1 Å². The van der Waals surface area contributed by atoms with Crippen LogP contribution in [0.2, 0.25) is 0 Å². The van der Waals surface area contributed by atoms with Crippen molar-refractivity contribution in [3.05, 3.63) is 142 Å². The van der Waals surface area contributed by atoms with Crippen molar-refractivity contribution in [3.63, 3.8) is 0 Å². The predicted octanol–water partition coefficient (Wildman–Crippen LogP) is 11.7. The number of carbonyl (C=O) groups is 1. The molecule has 0 spiro atoms. The number of rotatable bonds is 13. The second-order valence-electron chi connectivity index (χ2n) is 19.2. The van der Waals surface area contributed by atoms with Crippen molar-refractivity contribution in [1.29, 1.82) is 0 Å². The Morgan fingerprint density at radius 3 is 1.44 bits per heavy atom. The molecule has 0 fully saturated rings. The summed E-state index contributed by atoms with van der Waals surface area (Å²) in [5.41, 5.74) is -14.4. The van der Waals surface area contributed by atoms with E-state index in [0.717, 1.165) is 18.2 Å². The number of hydrogen-bond acceptors (Lipinski definition) is 7. The smallest absolute Gasteiger partial charge is 0.405 e.